The van der Waals surface area contributed by atoms with Crippen LogP contribution in [0.2, 0.25) is 0 Å². The Morgan fingerprint density at radius 1 is 1.30 bits per heavy atom. The fourth-order valence-electron chi connectivity index (χ4n) is 3.37. The van der Waals surface area contributed by atoms with Gasteiger partial charge in [0, 0.05) is 6.61 Å². The Morgan fingerprint density at radius 2 is 2.15 bits per heavy atom. The van der Waals surface area contributed by atoms with Crippen molar-refractivity contribution >= 4 is 0 Å². The average molecular weight is 275 g/mol. The molecule has 0 saturated carbocycles. The van der Waals surface area contributed by atoms with Gasteiger partial charge in [0.05, 0.1) is 24.9 Å². The highest BCUT2D eigenvalue weighted by atomic mass is 16.5. The first kappa shape index (κ1) is 14.1. The normalized spacial score (nSPS) is 26.7. The lowest BCUT2D eigenvalue weighted by atomic mass is 9.86. The second kappa shape index (κ2) is 5.84. The Hall–Kier alpha value is -0.900. The highest BCUT2D eigenvalue weighted by molar-refractivity contribution is 5.35. The van der Waals surface area contributed by atoms with Crippen LogP contribution in [0, 0.1) is 0 Å². The second-order valence-electron chi connectivity index (χ2n) is 6.17. The fraction of sp³-hybridized carbons (Fsp3) is 0.647. The first-order valence-corrected chi connectivity index (χ1v) is 7.80. The molecule has 1 aromatic rings. The van der Waals surface area contributed by atoms with E-state index >= 15 is 0 Å². The lowest BCUT2D eigenvalue weighted by Gasteiger charge is -2.35. The molecule has 1 fully saturated rings. The van der Waals surface area contributed by atoms with Gasteiger partial charge in [0.25, 0.3) is 0 Å². The van der Waals surface area contributed by atoms with Crippen molar-refractivity contribution in [1.82, 2.24) is 5.32 Å². The molecular weight excluding hydrogens is 250 g/mol. The van der Waals surface area contributed by atoms with E-state index in [0.29, 0.717) is 0 Å². The van der Waals surface area contributed by atoms with Crippen molar-refractivity contribution in [3.05, 3.63) is 34.9 Å². The van der Waals surface area contributed by atoms with Gasteiger partial charge in [0.2, 0.25) is 0 Å². The number of nitrogens with one attached hydrogen (secondary N) is 1. The van der Waals surface area contributed by atoms with Crippen LogP contribution in [-0.2, 0) is 22.7 Å². The van der Waals surface area contributed by atoms with Crippen LogP contribution in [0.1, 0.15) is 55.8 Å². The van der Waals surface area contributed by atoms with Crippen molar-refractivity contribution in [3.8, 4) is 0 Å². The molecule has 3 rings (SSSR count). The monoisotopic (exact) mass is 275 g/mol. The summed E-state index contributed by atoms with van der Waals surface area (Å²) in [4.78, 5) is 0. The van der Waals surface area contributed by atoms with Gasteiger partial charge in [-0.2, -0.15) is 0 Å². The Morgan fingerprint density at radius 3 is 2.90 bits per heavy atom. The zero-order chi connectivity index (χ0) is 14.0. The number of rotatable bonds is 5. The molecule has 3 heteroatoms. The highest BCUT2D eigenvalue weighted by Gasteiger charge is 2.39. The van der Waals surface area contributed by atoms with E-state index < -0.39 is 0 Å². The van der Waals surface area contributed by atoms with Gasteiger partial charge in [-0.15, -0.1) is 0 Å². The third-order valence-corrected chi connectivity index (χ3v) is 4.54. The van der Waals surface area contributed by atoms with E-state index in [9.17, 15) is 0 Å². The molecule has 0 aliphatic carbocycles. The maximum atomic E-state index is 6.08. The third-order valence-electron chi connectivity index (χ3n) is 4.54. The van der Waals surface area contributed by atoms with Crippen LogP contribution in [0.4, 0.5) is 0 Å². The van der Waals surface area contributed by atoms with E-state index in [2.05, 4.69) is 37.4 Å². The third kappa shape index (κ3) is 2.62. The van der Waals surface area contributed by atoms with Gasteiger partial charge >= 0.3 is 0 Å². The quantitative estimate of drug-likeness (QED) is 0.894. The van der Waals surface area contributed by atoms with Crippen molar-refractivity contribution in [2.45, 2.75) is 58.0 Å². The fourth-order valence-corrected chi connectivity index (χ4v) is 3.37. The summed E-state index contributed by atoms with van der Waals surface area (Å²) in [6, 6.07) is 7.04. The van der Waals surface area contributed by atoms with E-state index in [1.54, 1.807) is 0 Å². The average Bonchev–Trinajstić information content (AvgIpc) is 3.08. The predicted octanol–water partition coefficient (Wildman–Crippen LogP) is 3.33. The minimum Gasteiger partial charge on any atom is -0.373 e. The molecule has 2 aliphatic heterocycles. The summed E-state index contributed by atoms with van der Waals surface area (Å²) < 4.78 is 11.6. The van der Waals surface area contributed by atoms with Crippen molar-refractivity contribution in [2.24, 2.45) is 0 Å². The predicted molar refractivity (Wildman–Crippen MR) is 79.6 cm³/mol. The largest absolute Gasteiger partial charge is 0.373 e. The van der Waals surface area contributed by atoms with Gasteiger partial charge in [-0.05, 0) is 49.4 Å². The summed E-state index contributed by atoms with van der Waals surface area (Å²) in [5.74, 6) is 0. The van der Waals surface area contributed by atoms with Crippen molar-refractivity contribution < 1.29 is 9.47 Å². The molecule has 1 saturated heterocycles. The molecule has 20 heavy (non-hydrogen) atoms. The Bertz CT molecular complexity index is 466. The Balaban J connectivity index is 1.88. The molecule has 2 aliphatic rings. The second-order valence-corrected chi connectivity index (χ2v) is 6.17. The molecule has 0 bridgehead atoms. The number of hydrogen-bond acceptors (Lipinski definition) is 3. The van der Waals surface area contributed by atoms with Crippen molar-refractivity contribution in [3.63, 3.8) is 0 Å². The summed E-state index contributed by atoms with van der Waals surface area (Å²) in [6.45, 7) is 7.87. The summed E-state index contributed by atoms with van der Waals surface area (Å²) in [5.41, 5.74) is 3.93. The zero-order valence-electron chi connectivity index (χ0n) is 12.6. The minimum absolute atomic E-state index is 0.0805. The summed E-state index contributed by atoms with van der Waals surface area (Å²) >= 11 is 0. The van der Waals surface area contributed by atoms with Crippen LogP contribution in [0.3, 0.4) is 0 Å². The molecule has 0 amide bonds. The molecule has 1 N–H and O–H groups in total. The molecule has 1 aromatic carbocycles. The van der Waals surface area contributed by atoms with E-state index in [4.69, 9.17) is 9.47 Å². The molecule has 2 heterocycles. The first-order chi connectivity index (χ1) is 9.73. The van der Waals surface area contributed by atoms with E-state index in [-0.39, 0.29) is 11.6 Å². The van der Waals surface area contributed by atoms with Crippen LogP contribution in [0.25, 0.3) is 0 Å². The zero-order valence-corrected chi connectivity index (χ0v) is 12.6. The van der Waals surface area contributed by atoms with Crippen LogP contribution >= 0.6 is 0 Å². The van der Waals surface area contributed by atoms with Crippen LogP contribution < -0.4 is 5.32 Å². The van der Waals surface area contributed by atoms with Gasteiger partial charge in [-0.1, -0.05) is 25.1 Å². The van der Waals surface area contributed by atoms with Crippen molar-refractivity contribution in [1.29, 1.82) is 0 Å². The Labute approximate surface area is 121 Å². The Kier molecular flexibility index (Phi) is 4.11. The van der Waals surface area contributed by atoms with E-state index in [0.717, 1.165) is 45.6 Å². The molecule has 2 unspecified atom stereocenters. The molecule has 0 radical (unpaired) electrons. The summed E-state index contributed by atoms with van der Waals surface area (Å²) in [5, 5.41) is 3.69. The van der Waals surface area contributed by atoms with Crippen LogP contribution in [0.5, 0.6) is 0 Å². The first-order valence-electron chi connectivity index (χ1n) is 7.80. The summed E-state index contributed by atoms with van der Waals surface area (Å²) in [6.07, 6.45) is 3.43. The number of fused-ring (bicyclic) bond motifs is 1. The molecule has 0 spiro atoms. The van der Waals surface area contributed by atoms with Crippen LogP contribution in [-0.4, -0.2) is 18.8 Å². The SMILES string of the molecule is CCCNC(c1ccc2c(c1)COC2)C1(C)CCCO1. The lowest BCUT2D eigenvalue weighted by molar-refractivity contribution is -0.0124. The number of benzene rings is 1. The van der Waals surface area contributed by atoms with Gasteiger partial charge in [0.1, 0.15) is 0 Å². The molecule has 0 aromatic heterocycles. The number of hydrogen-bond donors (Lipinski definition) is 1. The maximum Gasteiger partial charge on any atom is 0.0849 e. The van der Waals surface area contributed by atoms with Crippen molar-refractivity contribution in [2.75, 3.05) is 13.2 Å². The molecule has 110 valence electrons. The summed E-state index contributed by atoms with van der Waals surface area (Å²) in [7, 11) is 0. The molecule has 2 atom stereocenters. The van der Waals surface area contributed by atoms with E-state index in [1.165, 1.54) is 16.7 Å². The number of ether oxygens (including phenoxy) is 2. The van der Waals surface area contributed by atoms with Gasteiger partial charge in [-0.25, -0.2) is 0 Å². The molecule has 3 nitrogen and oxygen atoms in total. The van der Waals surface area contributed by atoms with Gasteiger partial charge < -0.3 is 14.8 Å². The van der Waals surface area contributed by atoms with E-state index in [1.807, 2.05) is 0 Å². The van der Waals surface area contributed by atoms with Crippen LogP contribution in [0.15, 0.2) is 18.2 Å². The maximum absolute atomic E-state index is 6.08. The minimum atomic E-state index is -0.0805. The van der Waals surface area contributed by atoms with Gasteiger partial charge in [0.15, 0.2) is 0 Å². The lowest BCUT2D eigenvalue weighted by Crippen LogP contribution is -2.41. The smallest absolute Gasteiger partial charge is 0.0849 e. The standard InChI is InChI=1S/C17H25NO2/c1-3-8-18-16(17(2)7-4-9-20-17)13-5-6-14-11-19-12-15(14)10-13/h5-6,10,16,18H,3-4,7-9,11-12H2,1-2H3. The topological polar surface area (TPSA) is 30.5 Å². The highest BCUT2D eigenvalue weighted by Crippen LogP contribution is 2.38. The molecular formula is C17H25NO2. The van der Waals surface area contributed by atoms with Gasteiger partial charge in [-0.3, -0.25) is 0 Å².